The average molecular weight is 338 g/mol. The number of nitriles is 1. The van der Waals surface area contributed by atoms with Gasteiger partial charge in [0.05, 0.1) is 5.56 Å². The molecule has 2 heterocycles. The number of thioether (sulfide) groups is 1. The maximum absolute atomic E-state index is 9.43. The number of hydrogen-bond donors (Lipinski definition) is 0. The Morgan fingerprint density at radius 3 is 2.92 bits per heavy atom. The molecule has 0 bridgehead atoms. The number of para-hydroxylation sites is 2. The summed E-state index contributed by atoms with van der Waals surface area (Å²) in [6, 6.07) is 12.0. The molecule has 4 nitrogen and oxygen atoms in total. The lowest BCUT2D eigenvalue weighted by molar-refractivity contribution is 0.107. The van der Waals surface area contributed by atoms with Gasteiger partial charge in [-0.15, -0.1) is 11.8 Å². The van der Waals surface area contributed by atoms with Crippen molar-refractivity contribution in [1.82, 2.24) is 4.98 Å². The van der Waals surface area contributed by atoms with Gasteiger partial charge in [0.2, 0.25) is 0 Å². The number of ether oxygens (including phenoxy) is 2. The first kappa shape index (κ1) is 15.3. The SMILES string of the molecule is N#Cc1cc2c(nc1SC[C@H]1COc3ccccc3O1)CCCC2. The van der Waals surface area contributed by atoms with Gasteiger partial charge in [-0.3, -0.25) is 0 Å². The van der Waals surface area contributed by atoms with E-state index in [4.69, 9.17) is 14.5 Å². The van der Waals surface area contributed by atoms with Crippen molar-refractivity contribution in [2.45, 2.75) is 36.8 Å². The summed E-state index contributed by atoms with van der Waals surface area (Å²) in [4.78, 5) is 4.76. The molecule has 0 amide bonds. The van der Waals surface area contributed by atoms with Crippen LogP contribution in [0.3, 0.4) is 0 Å². The van der Waals surface area contributed by atoms with Crippen LogP contribution in [0.2, 0.25) is 0 Å². The van der Waals surface area contributed by atoms with Crippen molar-refractivity contribution in [3.63, 3.8) is 0 Å². The molecule has 0 radical (unpaired) electrons. The predicted molar refractivity (Wildman–Crippen MR) is 92.7 cm³/mol. The van der Waals surface area contributed by atoms with Gasteiger partial charge in [0.15, 0.2) is 11.5 Å². The van der Waals surface area contributed by atoms with Gasteiger partial charge in [0, 0.05) is 11.4 Å². The lowest BCUT2D eigenvalue weighted by Crippen LogP contribution is -2.31. The Labute approximate surface area is 145 Å². The van der Waals surface area contributed by atoms with Crippen LogP contribution in [0, 0.1) is 11.3 Å². The summed E-state index contributed by atoms with van der Waals surface area (Å²) in [5.41, 5.74) is 3.08. The quantitative estimate of drug-likeness (QED) is 0.798. The molecular formula is C19H18N2O2S. The van der Waals surface area contributed by atoms with Crippen molar-refractivity contribution in [3.8, 4) is 17.6 Å². The number of aromatic nitrogens is 1. The first-order chi connectivity index (χ1) is 11.8. The molecule has 1 aliphatic carbocycles. The summed E-state index contributed by atoms with van der Waals surface area (Å²) in [5, 5.41) is 10.2. The fraction of sp³-hybridized carbons (Fsp3) is 0.368. The van der Waals surface area contributed by atoms with Crippen LogP contribution < -0.4 is 9.47 Å². The molecule has 0 N–H and O–H groups in total. The van der Waals surface area contributed by atoms with Gasteiger partial charge in [0.25, 0.3) is 0 Å². The molecule has 122 valence electrons. The number of hydrogen-bond acceptors (Lipinski definition) is 5. The van der Waals surface area contributed by atoms with Gasteiger partial charge in [-0.25, -0.2) is 4.98 Å². The zero-order valence-corrected chi connectivity index (χ0v) is 14.1. The molecule has 4 rings (SSSR count). The van der Waals surface area contributed by atoms with Gasteiger partial charge in [-0.1, -0.05) is 12.1 Å². The van der Waals surface area contributed by atoms with Crippen molar-refractivity contribution < 1.29 is 9.47 Å². The highest BCUT2D eigenvalue weighted by molar-refractivity contribution is 7.99. The third kappa shape index (κ3) is 3.07. The molecule has 1 aromatic heterocycles. The van der Waals surface area contributed by atoms with Crippen molar-refractivity contribution >= 4 is 11.8 Å². The number of nitrogens with zero attached hydrogens (tertiary/aromatic N) is 2. The topological polar surface area (TPSA) is 55.1 Å². The third-order valence-electron chi connectivity index (χ3n) is 4.36. The van der Waals surface area contributed by atoms with Crippen LogP contribution in [0.5, 0.6) is 11.5 Å². The first-order valence-electron chi connectivity index (χ1n) is 8.27. The Morgan fingerprint density at radius 1 is 1.21 bits per heavy atom. The van der Waals surface area contributed by atoms with E-state index >= 15 is 0 Å². The Kier molecular flexibility index (Phi) is 4.31. The minimum absolute atomic E-state index is 0.0331. The minimum Gasteiger partial charge on any atom is -0.486 e. The zero-order chi connectivity index (χ0) is 16.4. The summed E-state index contributed by atoms with van der Waals surface area (Å²) in [7, 11) is 0. The highest BCUT2D eigenvalue weighted by atomic mass is 32.2. The smallest absolute Gasteiger partial charge is 0.161 e. The van der Waals surface area contributed by atoms with E-state index in [9.17, 15) is 5.26 Å². The highest BCUT2D eigenvalue weighted by Gasteiger charge is 2.22. The Hall–Kier alpha value is -2.19. The minimum atomic E-state index is -0.0331. The molecule has 2 aliphatic rings. The monoisotopic (exact) mass is 338 g/mol. The van der Waals surface area contributed by atoms with Crippen LogP contribution in [0.25, 0.3) is 0 Å². The molecule has 2 aromatic rings. The molecule has 0 saturated heterocycles. The van der Waals surface area contributed by atoms with Crippen molar-refractivity contribution in [2.75, 3.05) is 12.4 Å². The number of aryl methyl sites for hydroxylation is 2. The summed E-state index contributed by atoms with van der Waals surface area (Å²) in [6.45, 7) is 0.525. The average Bonchev–Trinajstić information content (AvgIpc) is 2.65. The molecule has 1 atom stereocenters. The largest absolute Gasteiger partial charge is 0.486 e. The molecule has 0 unspecified atom stereocenters. The van der Waals surface area contributed by atoms with E-state index in [1.165, 1.54) is 18.4 Å². The Bertz CT molecular complexity index is 800. The van der Waals surface area contributed by atoms with Crippen LogP contribution in [0.15, 0.2) is 35.4 Å². The molecule has 5 heteroatoms. The van der Waals surface area contributed by atoms with Crippen LogP contribution in [-0.2, 0) is 12.8 Å². The number of rotatable bonds is 3. The third-order valence-corrected chi connectivity index (χ3v) is 5.48. The van der Waals surface area contributed by atoms with E-state index in [0.29, 0.717) is 12.2 Å². The van der Waals surface area contributed by atoms with Gasteiger partial charge >= 0.3 is 0 Å². The van der Waals surface area contributed by atoms with Crippen LogP contribution in [-0.4, -0.2) is 23.4 Å². The maximum atomic E-state index is 9.43. The molecular weight excluding hydrogens is 320 g/mol. The van der Waals surface area contributed by atoms with Crippen molar-refractivity contribution in [2.24, 2.45) is 0 Å². The summed E-state index contributed by atoms with van der Waals surface area (Å²) in [5.74, 6) is 2.30. The zero-order valence-electron chi connectivity index (χ0n) is 13.3. The van der Waals surface area contributed by atoms with E-state index in [0.717, 1.165) is 40.8 Å². The number of pyridine rings is 1. The van der Waals surface area contributed by atoms with Gasteiger partial charge in [0.1, 0.15) is 23.8 Å². The predicted octanol–water partition coefficient (Wildman–Crippen LogP) is 3.76. The number of fused-ring (bicyclic) bond motifs is 2. The molecule has 1 aromatic carbocycles. The van der Waals surface area contributed by atoms with Crippen LogP contribution >= 0.6 is 11.8 Å². The van der Waals surface area contributed by atoms with E-state index in [2.05, 4.69) is 6.07 Å². The van der Waals surface area contributed by atoms with E-state index in [1.807, 2.05) is 30.3 Å². The van der Waals surface area contributed by atoms with Gasteiger partial charge < -0.3 is 9.47 Å². The van der Waals surface area contributed by atoms with Crippen molar-refractivity contribution in [3.05, 3.63) is 47.2 Å². The highest BCUT2D eigenvalue weighted by Crippen LogP contribution is 2.33. The first-order valence-corrected chi connectivity index (χ1v) is 9.26. The molecule has 24 heavy (non-hydrogen) atoms. The lowest BCUT2D eigenvalue weighted by Gasteiger charge is -2.26. The van der Waals surface area contributed by atoms with E-state index < -0.39 is 0 Å². The Morgan fingerprint density at radius 2 is 2.04 bits per heavy atom. The van der Waals surface area contributed by atoms with E-state index in [1.54, 1.807) is 11.8 Å². The molecule has 0 saturated carbocycles. The van der Waals surface area contributed by atoms with Crippen LogP contribution in [0.4, 0.5) is 0 Å². The standard InChI is InChI=1S/C19H18N2O2S/c20-10-14-9-13-5-1-2-6-16(13)21-19(14)24-12-15-11-22-17-7-3-4-8-18(17)23-15/h3-4,7-9,15H,1-2,5-6,11-12H2/t15-/m1/s1. The summed E-state index contributed by atoms with van der Waals surface area (Å²) in [6.07, 6.45) is 4.41. The van der Waals surface area contributed by atoms with Crippen molar-refractivity contribution in [1.29, 1.82) is 5.26 Å². The molecule has 1 aliphatic heterocycles. The maximum Gasteiger partial charge on any atom is 0.161 e. The number of benzene rings is 1. The van der Waals surface area contributed by atoms with E-state index in [-0.39, 0.29) is 6.10 Å². The normalized spacial score (nSPS) is 18.5. The summed E-state index contributed by atoms with van der Waals surface area (Å²) >= 11 is 1.59. The molecule has 0 spiro atoms. The second-order valence-electron chi connectivity index (χ2n) is 6.07. The van der Waals surface area contributed by atoms with Crippen LogP contribution in [0.1, 0.15) is 29.7 Å². The lowest BCUT2D eigenvalue weighted by atomic mass is 9.95. The second-order valence-corrected chi connectivity index (χ2v) is 7.08. The molecule has 0 fully saturated rings. The Balaban J connectivity index is 1.47. The fourth-order valence-electron chi connectivity index (χ4n) is 3.12. The second kappa shape index (κ2) is 6.74. The summed E-state index contributed by atoms with van der Waals surface area (Å²) < 4.78 is 11.7. The van der Waals surface area contributed by atoms with Gasteiger partial charge in [-0.05, 0) is 49.4 Å². The fourth-order valence-corrected chi connectivity index (χ4v) is 4.06. The van der Waals surface area contributed by atoms with Gasteiger partial charge in [-0.2, -0.15) is 5.26 Å².